The third kappa shape index (κ3) is 2.51. The summed E-state index contributed by atoms with van der Waals surface area (Å²) < 4.78 is 0. The van der Waals surface area contributed by atoms with Crippen molar-refractivity contribution in [1.29, 1.82) is 0 Å². The second-order valence-electron chi connectivity index (χ2n) is 5.31. The fourth-order valence-corrected chi connectivity index (χ4v) is 2.56. The highest BCUT2D eigenvalue weighted by molar-refractivity contribution is 6.02. The second kappa shape index (κ2) is 5.49. The Morgan fingerprint density at radius 2 is 1.64 bits per heavy atom. The van der Waals surface area contributed by atoms with Crippen LogP contribution in [0.4, 0.5) is 0 Å². The van der Waals surface area contributed by atoms with E-state index in [0.29, 0.717) is 5.56 Å². The molecule has 0 aromatic heterocycles. The van der Waals surface area contributed by atoms with Crippen LogP contribution in [-0.4, -0.2) is 10.9 Å². The highest BCUT2D eigenvalue weighted by Crippen LogP contribution is 2.29. The van der Waals surface area contributed by atoms with E-state index in [-0.39, 0.29) is 11.5 Å². The van der Waals surface area contributed by atoms with Gasteiger partial charge in [0, 0.05) is 0 Å². The average molecular weight is 288 g/mol. The lowest BCUT2D eigenvalue weighted by molar-refractivity contribution is 0.101. The molecule has 0 unspecified atom stereocenters. The molecule has 22 heavy (non-hydrogen) atoms. The molecule has 2 heteroatoms. The lowest BCUT2D eigenvalue weighted by Gasteiger charge is -2.07. The Bertz CT molecular complexity index is 874. The number of phenols is 1. The molecule has 2 nitrogen and oxygen atoms in total. The van der Waals surface area contributed by atoms with Crippen molar-refractivity contribution in [3.8, 4) is 16.9 Å². The van der Waals surface area contributed by atoms with E-state index in [4.69, 9.17) is 0 Å². The van der Waals surface area contributed by atoms with Crippen LogP contribution in [0.15, 0.2) is 61.2 Å². The Hall–Kier alpha value is -2.87. The molecule has 3 aromatic carbocycles. The summed E-state index contributed by atoms with van der Waals surface area (Å²) in [6.45, 7) is 5.21. The number of rotatable bonds is 3. The summed E-state index contributed by atoms with van der Waals surface area (Å²) >= 11 is 0. The van der Waals surface area contributed by atoms with Crippen LogP contribution >= 0.6 is 0 Å². The number of Topliss-reactive ketones (excluding diaryl/α,β-unsaturated/α-hetero) is 1. The fourth-order valence-electron chi connectivity index (χ4n) is 2.56. The first-order chi connectivity index (χ1) is 10.6. The van der Waals surface area contributed by atoms with Crippen LogP contribution in [-0.2, 0) is 0 Å². The van der Waals surface area contributed by atoms with Crippen LogP contribution in [0, 0.1) is 0 Å². The number of hydrogen-bond acceptors (Lipinski definition) is 2. The molecule has 0 amide bonds. The first-order valence-corrected chi connectivity index (χ1v) is 7.09. The summed E-state index contributed by atoms with van der Waals surface area (Å²) in [5, 5.41) is 11.7. The highest BCUT2D eigenvalue weighted by atomic mass is 16.3. The van der Waals surface area contributed by atoms with E-state index in [1.165, 1.54) is 6.92 Å². The van der Waals surface area contributed by atoms with Crippen molar-refractivity contribution in [2.45, 2.75) is 6.92 Å². The molecule has 0 spiro atoms. The molecule has 0 aliphatic heterocycles. The number of carbonyl (C=O) groups excluding carboxylic acids is 1. The Balaban J connectivity index is 2.13. The van der Waals surface area contributed by atoms with Gasteiger partial charge in [0.05, 0.1) is 5.56 Å². The van der Waals surface area contributed by atoms with E-state index in [1.807, 2.05) is 48.5 Å². The highest BCUT2D eigenvalue weighted by Gasteiger charge is 2.09. The lowest BCUT2D eigenvalue weighted by atomic mass is 9.98. The maximum atomic E-state index is 11.6. The van der Waals surface area contributed by atoms with Crippen molar-refractivity contribution in [3.63, 3.8) is 0 Å². The van der Waals surface area contributed by atoms with Gasteiger partial charge in [-0.25, -0.2) is 0 Å². The maximum absolute atomic E-state index is 11.6. The lowest BCUT2D eigenvalue weighted by Crippen LogP contribution is -1.92. The van der Waals surface area contributed by atoms with Gasteiger partial charge >= 0.3 is 0 Å². The topological polar surface area (TPSA) is 37.3 Å². The molecule has 0 fully saturated rings. The molecule has 0 saturated heterocycles. The fraction of sp³-hybridized carbons (Fsp3) is 0.0500. The van der Waals surface area contributed by atoms with Gasteiger partial charge in [0.15, 0.2) is 5.78 Å². The summed E-state index contributed by atoms with van der Waals surface area (Å²) in [6.07, 6.45) is 1.81. The quantitative estimate of drug-likeness (QED) is 0.684. The van der Waals surface area contributed by atoms with Crippen LogP contribution < -0.4 is 0 Å². The third-order valence-electron chi connectivity index (χ3n) is 3.81. The van der Waals surface area contributed by atoms with E-state index in [2.05, 4.69) is 6.58 Å². The number of ketones is 1. The molecule has 1 N–H and O–H groups in total. The average Bonchev–Trinajstić information content (AvgIpc) is 2.53. The number of hydrogen-bond donors (Lipinski definition) is 1. The van der Waals surface area contributed by atoms with Crippen molar-refractivity contribution in [2.24, 2.45) is 0 Å². The summed E-state index contributed by atoms with van der Waals surface area (Å²) in [4.78, 5) is 11.6. The predicted octanol–water partition coefficient (Wildman–Crippen LogP) is 5.06. The molecule has 0 aliphatic rings. The number of fused-ring (bicyclic) bond motifs is 1. The molecular formula is C20H16O2. The summed E-state index contributed by atoms with van der Waals surface area (Å²) in [7, 11) is 0. The minimum atomic E-state index is -0.139. The Morgan fingerprint density at radius 1 is 0.955 bits per heavy atom. The molecular weight excluding hydrogens is 272 g/mol. The van der Waals surface area contributed by atoms with Crippen LogP contribution in [0.2, 0.25) is 0 Å². The first-order valence-electron chi connectivity index (χ1n) is 7.09. The van der Waals surface area contributed by atoms with Gasteiger partial charge in [-0.15, -0.1) is 0 Å². The summed E-state index contributed by atoms with van der Waals surface area (Å²) in [5.74, 6) is -0.108. The smallest absolute Gasteiger partial charge is 0.163 e. The molecule has 0 heterocycles. The van der Waals surface area contributed by atoms with Crippen LogP contribution in [0.5, 0.6) is 5.75 Å². The zero-order chi connectivity index (χ0) is 15.7. The number of aromatic hydroxyl groups is 1. The van der Waals surface area contributed by atoms with Crippen LogP contribution in [0.3, 0.4) is 0 Å². The summed E-state index contributed by atoms with van der Waals surface area (Å²) in [6, 6.07) is 17.5. The van der Waals surface area contributed by atoms with Gasteiger partial charge in [0.2, 0.25) is 0 Å². The van der Waals surface area contributed by atoms with E-state index in [0.717, 1.165) is 27.5 Å². The van der Waals surface area contributed by atoms with E-state index < -0.39 is 0 Å². The zero-order valence-corrected chi connectivity index (χ0v) is 12.3. The van der Waals surface area contributed by atoms with Gasteiger partial charge in [-0.2, -0.15) is 0 Å². The van der Waals surface area contributed by atoms with E-state index >= 15 is 0 Å². The largest absolute Gasteiger partial charge is 0.507 e. The van der Waals surface area contributed by atoms with Gasteiger partial charge in [0.25, 0.3) is 0 Å². The molecule has 108 valence electrons. The molecule has 0 radical (unpaired) electrons. The maximum Gasteiger partial charge on any atom is 0.163 e. The van der Waals surface area contributed by atoms with Gasteiger partial charge < -0.3 is 5.11 Å². The van der Waals surface area contributed by atoms with Crippen LogP contribution in [0.1, 0.15) is 22.8 Å². The normalized spacial score (nSPS) is 10.6. The third-order valence-corrected chi connectivity index (χ3v) is 3.81. The van der Waals surface area contributed by atoms with E-state index in [1.54, 1.807) is 12.1 Å². The molecule has 0 bridgehead atoms. The van der Waals surface area contributed by atoms with Gasteiger partial charge in [-0.05, 0) is 52.6 Å². The Kier molecular flexibility index (Phi) is 3.51. The Morgan fingerprint density at radius 3 is 2.27 bits per heavy atom. The van der Waals surface area contributed by atoms with E-state index in [9.17, 15) is 9.90 Å². The van der Waals surface area contributed by atoms with Gasteiger partial charge in [-0.3, -0.25) is 4.79 Å². The van der Waals surface area contributed by atoms with Gasteiger partial charge in [0.1, 0.15) is 5.75 Å². The number of phenolic OH excluding ortho intramolecular Hbond substituents is 1. The monoisotopic (exact) mass is 288 g/mol. The zero-order valence-electron chi connectivity index (χ0n) is 12.3. The minimum Gasteiger partial charge on any atom is -0.507 e. The van der Waals surface area contributed by atoms with Crippen molar-refractivity contribution in [2.75, 3.05) is 0 Å². The predicted molar refractivity (Wildman–Crippen MR) is 91.1 cm³/mol. The molecule has 0 saturated carbocycles. The Labute approximate surface area is 129 Å². The summed E-state index contributed by atoms with van der Waals surface area (Å²) in [5.41, 5.74) is 3.60. The van der Waals surface area contributed by atoms with Crippen molar-refractivity contribution in [1.82, 2.24) is 0 Å². The first kappa shape index (κ1) is 14.1. The number of benzene rings is 3. The molecule has 0 aliphatic carbocycles. The molecule has 3 rings (SSSR count). The van der Waals surface area contributed by atoms with Crippen molar-refractivity contribution < 1.29 is 9.90 Å². The minimum absolute atomic E-state index is 0.0306. The second-order valence-corrected chi connectivity index (χ2v) is 5.31. The standard InChI is InChI=1S/C20H16O2/c1-3-14-4-6-15(7-5-14)16-8-9-17-12-20(22)19(13(2)21)11-18(17)10-16/h3-12,22H,1H2,2H3. The molecule has 3 aromatic rings. The SMILES string of the molecule is C=Cc1ccc(-c2ccc3cc(O)c(C(C)=O)cc3c2)cc1. The van der Waals surface area contributed by atoms with Gasteiger partial charge in [-0.1, -0.05) is 49.1 Å². The van der Waals surface area contributed by atoms with Crippen molar-refractivity contribution in [3.05, 3.63) is 72.3 Å². The van der Waals surface area contributed by atoms with Crippen LogP contribution in [0.25, 0.3) is 28.0 Å². The molecule has 0 atom stereocenters. The number of carbonyl (C=O) groups is 1. The van der Waals surface area contributed by atoms with Crippen molar-refractivity contribution >= 4 is 22.6 Å².